The van der Waals surface area contributed by atoms with Crippen LogP contribution in [0.15, 0.2) is 30.3 Å². The molecule has 0 atom stereocenters. The van der Waals surface area contributed by atoms with Crippen LogP contribution < -0.4 is 4.74 Å². The quantitative estimate of drug-likeness (QED) is 0.831. The number of para-hydroxylation sites is 1. The second-order valence-corrected chi connectivity index (χ2v) is 7.60. The highest BCUT2D eigenvalue weighted by molar-refractivity contribution is 5.82. The van der Waals surface area contributed by atoms with Crippen LogP contribution in [0.25, 0.3) is 0 Å². The first-order chi connectivity index (χ1) is 11.4. The Bertz CT molecular complexity index is 519. The zero-order valence-electron chi connectivity index (χ0n) is 15.3. The first-order valence-electron chi connectivity index (χ1n) is 9.00. The molecule has 0 spiro atoms. The number of nitrogens with zero attached hydrogens (tertiary/aromatic N) is 1. The van der Waals surface area contributed by atoms with Crippen molar-refractivity contribution in [2.24, 2.45) is 10.8 Å². The molecular formula is C20H31NO3. The van der Waals surface area contributed by atoms with Crippen LogP contribution in [0.3, 0.4) is 0 Å². The van der Waals surface area contributed by atoms with Gasteiger partial charge in [-0.15, -0.1) is 0 Å². The molecule has 1 heterocycles. The number of hydrogen-bond acceptors (Lipinski definition) is 3. The van der Waals surface area contributed by atoms with Gasteiger partial charge in [0.15, 0.2) is 0 Å². The van der Waals surface area contributed by atoms with Crippen LogP contribution in [0.5, 0.6) is 5.75 Å². The Morgan fingerprint density at radius 1 is 1.25 bits per heavy atom. The van der Waals surface area contributed by atoms with Crippen molar-refractivity contribution in [3.05, 3.63) is 30.3 Å². The molecule has 24 heavy (non-hydrogen) atoms. The number of carbonyl (C=O) groups excluding carboxylic acids is 1. The van der Waals surface area contributed by atoms with E-state index in [0.717, 1.165) is 44.5 Å². The van der Waals surface area contributed by atoms with E-state index in [4.69, 9.17) is 4.74 Å². The van der Waals surface area contributed by atoms with E-state index < -0.39 is 0 Å². The van der Waals surface area contributed by atoms with E-state index >= 15 is 0 Å². The van der Waals surface area contributed by atoms with Crippen molar-refractivity contribution in [2.75, 3.05) is 26.3 Å². The average Bonchev–Trinajstić information content (AvgIpc) is 2.62. The predicted octanol–water partition coefficient (Wildman–Crippen LogP) is 3.49. The van der Waals surface area contributed by atoms with Gasteiger partial charge in [0.25, 0.3) is 0 Å². The van der Waals surface area contributed by atoms with E-state index in [2.05, 4.69) is 6.92 Å². The first-order valence-corrected chi connectivity index (χ1v) is 9.00. The highest BCUT2D eigenvalue weighted by atomic mass is 16.5. The van der Waals surface area contributed by atoms with Gasteiger partial charge in [0.05, 0.1) is 6.61 Å². The molecular weight excluding hydrogens is 302 g/mol. The number of likely N-dealkylation sites (tertiary alicyclic amines) is 1. The zero-order valence-corrected chi connectivity index (χ0v) is 15.3. The molecule has 2 rings (SSSR count). The minimum Gasteiger partial charge on any atom is -0.494 e. The second-order valence-electron chi connectivity index (χ2n) is 7.60. The molecule has 1 N–H and O–H groups in total. The van der Waals surface area contributed by atoms with E-state index in [1.54, 1.807) is 0 Å². The third-order valence-corrected chi connectivity index (χ3v) is 5.55. The van der Waals surface area contributed by atoms with Crippen molar-refractivity contribution in [1.29, 1.82) is 0 Å². The minimum atomic E-state index is -0.296. The lowest BCUT2D eigenvalue weighted by Crippen LogP contribution is -2.49. The Morgan fingerprint density at radius 2 is 1.88 bits per heavy atom. The van der Waals surface area contributed by atoms with Crippen molar-refractivity contribution in [3.63, 3.8) is 0 Å². The number of amides is 1. The Kier molecular flexibility index (Phi) is 6.27. The molecule has 0 aliphatic carbocycles. The van der Waals surface area contributed by atoms with Gasteiger partial charge in [0.1, 0.15) is 5.75 Å². The van der Waals surface area contributed by atoms with Gasteiger partial charge in [0, 0.05) is 30.5 Å². The van der Waals surface area contributed by atoms with Crippen LogP contribution >= 0.6 is 0 Å². The molecule has 1 amide bonds. The molecule has 0 unspecified atom stereocenters. The topological polar surface area (TPSA) is 49.8 Å². The number of hydrogen-bond donors (Lipinski definition) is 1. The number of ether oxygens (including phenoxy) is 1. The second kappa shape index (κ2) is 8.02. The molecule has 0 radical (unpaired) electrons. The van der Waals surface area contributed by atoms with Gasteiger partial charge in [-0.05, 0) is 37.8 Å². The van der Waals surface area contributed by atoms with Crippen molar-refractivity contribution < 1.29 is 14.6 Å². The summed E-state index contributed by atoms with van der Waals surface area (Å²) < 4.78 is 5.79. The standard InChI is InChI=1S/C20H31NO3/c1-4-19(2,3)18(23)21-13-10-20(16-22,11-14-21)12-15-24-17-8-6-5-7-9-17/h5-9,22H,4,10-16H2,1-3H3. The Balaban J connectivity index is 1.86. The summed E-state index contributed by atoms with van der Waals surface area (Å²) in [7, 11) is 0. The van der Waals surface area contributed by atoms with E-state index in [9.17, 15) is 9.90 Å². The summed E-state index contributed by atoms with van der Waals surface area (Å²) in [5, 5.41) is 9.91. The average molecular weight is 333 g/mol. The molecule has 0 aromatic heterocycles. The van der Waals surface area contributed by atoms with Gasteiger partial charge >= 0.3 is 0 Å². The van der Waals surface area contributed by atoms with Gasteiger partial charge in [-0.25, -0.2) is 0 Å². The smallest absolute Gasteiger partial charge is 0.228 e. The molecule has 1 fully saturated rings. The molecule has 1 saturated heterocycles. The maximum atomic E-state index is 12.6. The van der Waals surface area contributed by atoms with Gasteiger partial charge in [-0.1, -0.05) is 39.0 Å². The fraction of sp³-hybridized carbons (Fsp3) is 0.650. The Morgan fingerprint density at radius 3 is 2.42 bits per heavy atom. The number of piperidine rings is 1. The fourth-order valence-corrected chi connectivity index (χ4v) is 3.15. The van der Waals surface area contributed by atoms with Crippen LogP contribution in [0.2, 0.25) is 0 Å². The number of carbonyl (C=O) groups is 1. The highest BCUT2D eigenvalue weighted by Crippen LogP contribution is 2.36. The number of rotatable bonds is 7. The van der Waals surface area contributed by atoms with Crippen LogP contribution in [0, 0.1) is 10.8 Å². The number of aliphatic hydroxyl groups excluding tert-OH is 1. The summed E-state index contributed by atoms with van der Waals surface area (Å²) in [5.74, 6) is 1.10. The van der Waals surface area contributed by atoms with Crippen LogP contribution in [-0.2, 0) is 4.79 Å². The van der Waals surface area contributed by atoms with E-state index in [1.807, 2.05) is 49.1 Å². The molecule has 4 heteroatoms. The van der Waals surface area contributed by atoms with Crippen LogP contribution in [0.4, 0.5) is 0 Å². The van der Waals surface area contributed by atoms with E-state index in [0.29, 0.717) is 6.61 Å². The van der Waals surface area contributed by atoms with Gasteiger partial charge in [0.2, 0.25) is 5.91 Å². The zero-order chi connectivity index (χ0) is 17.6. The highest BCUT2D eigenvalue weighted by Gasteiger charge is 2.38. The Hall–Kier alpha value is -1.55. The third-order valence-electron chi connectivity index (χ3n) is 5.55. The fourth-order valence-electron chi connectivity index (χ4n) is 3.15. The third kappa shape index (κ3) is 4.50. The van der Waals surface area contributed by atoms with Gasteiger partial charge in [-0.3, -0.25) is 4.79 Å². The maximum absolute atomic E-state index is 12.6. The van der Waals surface area contributed by atoms with Crippen molar-refractivity contribution in [2.45, 2.75) is 46.5 Å². The SMILES string of the molecule is CCC(C)(C)C(=O)N1CCC(CO)(CCOc2ccccc2)CC1. The minimum absolute atomic E-state index is 0.123. The summed E-state index contributed by atoms with van der Waals surface area (Å²) in [5.41, 5.74) is -0.419. The number of benzene rings is 1. The molecule has 0 saturated carbocycles. The number of aliphatic hydroxyl groups is 1. The molecule has 4 nitrogen and oxygen atoms in total. The molecule has 0 bridgehead atoms. The summed E-state index contributed by atoms with van der Waals surface area (Å²) in [6, 6.07) is 9.76. The summed E-state index contributed by atoms with van der Waals surface area (Å²) in [4.78, 5) is 14.6. The summed E-state index contributed by atoms with van der Waals surface area (Å²) >= 11 is 0. The lowest BCUT2D eigenvalue weighted by molar-refractivity contribution is -0.143. The maximum Gasteiger partial charge on any atom is 0.228 e. The predicted molar refractivity (Wildman–Crippen MR) is 96.0 cm³/mol. The van der Waals surface area contributed by atoms with Crippen molar-refractivity contribution in [3.8, 4) is 5.75 Å². The summed E-state index contributed by atoms with van der Waals surface area (Å²) in [6.45, 7) is 8.29. The summed E-state index contributed by atoms with van der Waals surface area (Å²) in [6.07, 6.45) is 3.34. The van der Waals surface area contributed by atoms with Crippen LogP contribution in [0.1, 0.15) is 46.5 Å². The molecule has 1 aromatic carbocycles. The van der Waals surface area contributed by atoms with Crippen molar-refractivity contribution >= 4 is 5.91 Å². The normalized spacial score (nSPS) is 17.6. The lowest BCUT2D eigenvalue weighted by atomic mass is 9.76. The van der Waals surface area contributed by atoms with Crippen molar-refractivity contribution in [1.82, 2.24) is 4.90 Å². The van der Waals surface area contributed by atoms with E-state index in [-0.39, 0.29) is 23.3 Å². The molecule has 1 aliphatic rings. The molecule has 1 aromatic rings. The van der Waals surface area contributed by atoms with Crippen LogP contribution in [-0.4, -0.2) is 42.2 Å². The van der Waals surface area contributed by atoms with E-state index in [1.165, 1.54) is 0 Å². The largest absolute Gasteiger partial charge is 0.494 e. The monoisotopic (exact) mass is 333 g/mol. The van der Waals surface area contributed by atoms with Gasteiger partial charge in [-0.2, -0.15) is 0 Å². The molecule has 134 valence electrons. The Labute approximate surface area is 145 Å². The first kappa shape index (κ1) is 18.8. The molecule has 1 aliphatic heterocycles. The van der Waals surface area contributed by atoms with Gasteiger partial charge < -0.3 is 14.7 Å². The lowest BCUT2D eigenvalue weighted by Gasteiger charge is -2.42.